The number of carboxylic acid groups (broad SMARTS) is 2. The Kier molecular flexibility index (Phi) is 3.93. The summed E-state index contributed by atoms with van der Waals surface area (Å²) in [5, 5.41) is 17.7. The number of aromatic carboxylic acids is 2. The summed E-state index contributed by atoms with van der Waals surface area (Å²) in [6, 6.07) is 0. The van der Waals surface area contributed by atoms with E-state index in [9.17, 15) is 22.8 Å². The molecule has 6 nitrogen and oxygen atoms in total. The van der Waals surface area contributed by atoms with E-state index in [2.05, 4.69) is 4.98 Å². The first kappa shape index (κ1) is 15.3. The molecular formula is C12H12F3NO5. The van der Waals surface area contributed by atoms with Gasteiger partial charge < -0.3 is 14.6 Å². The van der Waals surface area contributed by atoms with E-state index in [0.29, 0.717) is 0 Å². The Morgan fingerprint density at radius 2 is 1.67 bits per heavy atom. The third-order valence-corrected chi connectivity index (χ3v) is 3.58. The quantitative estimate of drug-likeness (QED) is 0.890. The molecule has 0 aliphatic heterocycles. The molecular weight excluding hydrogens is 295 g/mol. The number of aromatic nitrogens is 1. The number of hydrogen-bond acceptors (Lipinski definition) is 4. The summed E-state index contributed by atoms with van der Waals surface area (Å²) in [4.78, 5) is 25.3. The van der Waals surface area contributed by atoms with Crippen LogP contribution in [0.5, 0.6) is 0 Å². The van der Waals surface area contributed by atoms with E-state index in [4.69, 9.17) is 14.6 Å². The number of hydrogen-bond donors (Lipinski definition) is 2. The first-order chi connectivity index (χ1) is 9.70. The SMILES string of the molecule is O=C(O)c1nc(C2CCC(C(F)(F)F)CC2)oc1C(=O)O. The Balaban J connectivity index is 2.16. The van der Waals surface area contributed by atoms with Crippen LogP contribution in [0, 0.1) is 5.92 Å². The maximum atomic E-state index is 12.6. The second-order valence-corrected chi connectivity index (χ2v) is 4.93. The number of carboxylic acids is 2. The van der Waals surface area contributed by atoms with Crippen molar-refractivity contribution in [3.05, 3.63) is 17.3 Å². The molecule has 0 aromatic carbocycles. The van der Waals surface area contributed by atoms with E-state index in [-0.39, 0.29) is 31.6 Å². The van der Waals surface area contributed by atoms with Crippen molar-refractivity contribution in [1.82, 2.24) is 4.98 Å². The first-order valence-corrected chi connectivity index (χ1v) is 6.24. The second kappa shape index (κ2) is 5.38. The number of nitrogens with zero attached hydrogens (tertiary/aromatic N) is 1. The maximum absolute atomic E-state index is 12.6. The Hall–Kier alpha value is -2.06. The highest BCUT2D eigenvalue weighted by Gasteiger charge is 2.42. The van der Waals surface area contributed by atoms with Crippen molar-refractivity contribution in [2.75, 3.05) is 0 Å². The predicted octanol–water partition coefficient (Wildman–Crippen LogP) is 2.91. The lowest BCUT2D eigenvalue weighted by Crippen LogP contribution is -2.27. The zero-order chi connectivity index (χ0) is 15.8. The van der Waals surface area contributed by atoms with Crippen LogP contribution < -0.4 is 0 Å². The summed E-state index contributed by atoms with van der Waals surface area (Å²) in [6.07, 6.45) is -4.21. The highest BCUT2D eigenvalue weighted by Crippen LogP contribution is 2.42. The van der Waals surface area contributed by atoms with E-state index in [1.165, 1.54) is 0 Å². The van der Waals surface area contributed by atoms with Crippen LogP contribution in [0.3, 0.4) is 0 Å². The van der Waals surface area contributed by atoms with Gasteiger partial charge in [0, 0.05) is 5.92 Å². The molecule has 9 heteroatoms. The number of oxazole rings is 1. The number of rotatable bonds is 3. The zero-order valence-corrected chi connectivity index (χ0v) is 10.7. The van der Waals surface area contributed by atoms with Gasteiger partial charge in [-0.3, -0.25) is 0 Å². The van der Waals surface area contributed by atoms with Gasteiger partial charge in [0.05, 0.1) is 5.92 Å². The number of carbonyl (C=O) groups is 2. The average Bonchev–Trinajstić information content (AvgIpc) is 2.83. The maximum Gasteiger partial charge on any atom is 0.391 e. The fourth-order valence-corrected chi connectivity index (χ4v) is 2.47. The molecule has 0 spiro atoms. The average molecular weight is 307 g/mol. The van der Waals surface area contributed by atoms with Gasteiger partial charge in [-0.1, -0.05) is 0 Å². The van der Waals surface area contributed by atoms with Crippen LogP contribution in [-0.4, -0.2) is 33.3 Å². The van der Waals surface area contributed by atoms with Crippen LogP contribution in [0.4, 0.5) is 13.2 Å². The van der Waals surface area contributed by atoms with Crippen LogP contribution >= 0.6 is 0 Å². The Morgan fingerprint density at radius 1 is 1.10 bits per heavy atom. The van der Waals surface area contributed by atoms with E-state index in [1.807, 2.05) is 0 Å². The molecule has 1 fully saturated rings. The minimum atomic E-state index is -4.25. The molecule has 1 aliphatic carbocycles. The molecule has 1 aromatic rings. The van der Waals surface area contributed by atoms with Gasteiger partial charge in [-0.05, 0) is 25.7 Å². The summed E-state index contributed by atoms with van der Waals surface area (Å²) in [7, 11) is 0. The van der Waals surface area contributed by atoms with Crippen molar-refractivity contribution < 1.29 is 37.4 Å². The van der Waals surface area contributed by atoms with Crippen LogP contribution in [0.25, 0.3) is 0 Å². The molecule has 0 atom stereocenters. The summed E-state index contributed by atoms with van der Waals surface area (Å²) in [5.41, 5.74) is -0.726. The van der Waals surface area contributed by atoms with E-state index in [1.54, 1.807) is 0 Å². The molecule has 1 aliphatic rings. The monoisotopic (exact) mass is 307 g/mol. The highest BCUT2D eigenvalue weighted by atomic mass is 19.4. The van der Waals surface area contributed by atoms with E-state index in [0.717, 1.165) is 0 Å². The van der Waals surface area contributed by atoms with Gasteiger partial charge in [0.15, 0.2) is 5.89 Å². The molecule has 1 aromatic heterocycles. The summed E-state index contributed by atoms with van der Waals surface area (Å²) < 4.78 is 42.6. The normalized spacial score (nSPS) is 23.0. The molecule has 0 bridgehead atoms. The molecule has 0 unspecified atom stereocenters. The Labute approximate surface area is 116 Å². The van der Waals surface area contributed by atoms with Crippen LogP contribution in [0.15, 0.2) is 4.42 Å². The third kappa shape index (κ3) is 3.17. The number of alkyl halides is 3. The van der Waals surface area contributed by atoms with Gasteiger partial charge in [0.25, 0.3) is 0 Å². The van der Waals surface area contributed by atoms with Gasteiger partial charge in [-0.25, -0.2) is 14.6 Å². The zero-order valence-electron chi connectivity index (χ0n) is 10.7. The lowest BCUT2D eigenvalue weighted by molar-refractivity contribution is -0.182. The fraction of sp³-hybridized carbons (Fsp3) is 0.583. The van der Waals surface area contributed by atoms with Crippen LogP contribution in [-0.2, 0) is 0 Å². The molecule has 0 saturated heterocycles. The van der Waals surface area contributed by atoms with E-state index < -0.39 is 41.4 Å². The minimum Gasteiger partial charge on any atom is -0.476 e. The summed E-state index contributed by atoms with van der Waals surface area (Å²) in [5.74, 6) is -5.92. The van der Waals surface area contributed by atoms with Crippen molar-refractivity contribution in [2.45, 2.75) is 37.8 Å². The van der Waals surface area contributed by atoms with Gasteiger partial charge in [0.1, 0.15) is 0 Å². The second-order valence-electron chi connectivity index (χ2n) is 4.93. The molecule has 21 heavy (non-hydrogen) atoms. The standard InChI is InChI=1S/C12H12F3NO5/c13-12(14,15)6-3-1-5(2-4-6)9-16-7(10(17)18)8(21-9)11(19)20/h5-6H,1-4H2,(H,17,18)(H,19,20). The van der Waals surface area contributed by atoms with Gasteiger partial charge in [0.2, 0.25) is 11.5 Å². The van der Waals surface area contributed by atoms with Crippen molar-refractivity contribution >= 4 is 11.9 Å². The first-order valence-electron chi connectivity index (χ1n) is 6.24. The van der Waals surface area contributed by atoms with Gasteiger partial charge in [-0.15, -0.1) is 0 Å². The number of halogens is 3. The summed E-state index contributed by atoms with van der Waals surface area (Å²) in [6.45, 7) is 0. The predicted molar refractivity (Wildman–Crippen MR) is 61.2 cm³/mol. The Morgan fingerprint density at radius 3 is 2.05 bits per heavy atom. The van der Waals surface area contributed by atoms with Gasteiger partial charge >= 0.3 is 18.1 Å². The van der Waals surface area contributed by atoms with Crippen LogP contribution in [0.2, 0.25) is 0 Å². The molecule has 0 amide bonds. The fourth-order valence-electron chi connectivity index (χ4n) is 2.47. The molecule has 0 radical (unpaired) electrons. The highest BCUT2D eigenvalue weighted by molar-refractivity contribution is 5.98. The van der Waals surface area contributed by atoms with Crippen molar-refractivity contribution in [2.24, 2.45) is 5.92 Å². The van der Waals surface area contributed by atoms with Gasteiger partial charge in [-0.2, -0.15) is 13.2 Å². The molecule has 1 saturated carbocycles. The van der Waals surface area contributed by atoms with Crippen molar-refractivity contribution in [3.8, 4) is 0 Å². The lowest BCUT2D eigenvalue weighted by Gasteiger charge is -2.28. The molecule has 2 N–H and O–H groups in total. The van der Waals surface area contributed by atoms with Crippen molar-refractivity contribution in [1.29, 1.82) is 0 Å². The summed E-state index contributed by atoms with van der Waals surface area (Å²) >= 11 is 0. The molecule has 2 rings (SSSR count). The minimum absolute atomic E-state index is 0.110. The third-order valence-electron chi connectivity index (χ3n) is 3.58. The Bertz CT molecular complexity index is 526. The molecule has 1 heterocycles. The molecule has 116 valence electrons. The smallest absolute Gasteiger partial charge is 0.391 e. The lowest BCUT2D eigenvalue weighted by atomic mass is 9.81. The van der Waals surface area contributed by atoms with Crippen LogP contribution in [0.1, 0.15) is 58.5 Å². The topological polar surface area (TPSA) is 101 Å². The van der Waals surface area contributed by atoms with Crippen molar-refractivity contribution in [3.63, 3.8) is 0 Å². The largest absolute Gasteiger partial charge is 0.476 e. The van der Waals surface area contributed by atoms with E-state index >= 15 is 0 Å².